The largest absolute Gasteiger partial charge is 0.455 e. The van der Waals surface area contributed by atoms with E-state index < -0.39 is 0 Å². The Hall–Kier alpha value is -7.42. The summed E-state index contributed by atoms with van der Waals surface area (Å²) >= 11 is 0. The van der Waals surface area contributed by atoms with Crippen LogP contribution in [-0.4, -0.2) is 0 Å². The number of hydrogen-bond acceptors (Lipinski definition) is 2. The van der Waals surface area contributed by atoms with Crippen molar-refractivity contribution in [3.05, 3.63) is 224 Å². The first-order valence-electron chi connectivity index (χ1n) is 19.0. The fraction of sp³-hybridized carbons (Fsp3) is 0. The normalized spacial score (nSPS) is 11.8. The lowest BCUT2D eigenvalue weighted by atomic mass is 9.96. The highest BCUT2D eigenvalue weighted by Crippen LogP contribution is 2.45. The van der Waals surface area contributed by atoms with Crippen LogP contribution in [0.3, 0.4) is 0 Å². The monoisotopic (exact) mass is 715 g/mol. The molecule has 0 saturated carbocycles. The maximum Gasteiger partial charge on any atom is 0.143 e. The number of benzene rings is 9. The first-order chi connectivity index (χ1) is 27.6. The van der Waals surface area contributed by atoms with Crippen LogP contribution in [0.15, 0.2) is 218 Å². The minimum atomic E-state index is 0.881. The van der Waals surface area contributed by atoms with E-state index in [1.807, 2.05) is 24.3 Å². The molecule has 9 aromatic carbocycles. The van der Waals surface area contributed by atoms with E-state index in [-0.39, 0.29) is 0 Å². The second-order valence-electron chi connectivity index (χ2n) is 14.2. The zero-order valence-corrected chi connectivity index (χ0v) is 30.8. The number of fused-ring (bicyclic) bond motifs is 8. The molecule has 0 bridgehead atoms. The summed E-state index contributed by atoms with van der Waals surface area (Å²) in [5.74, 6) is 0. The minimum absolute atomic E-state index is 0.881. The summed E-state index contributed by atoms with van der Waals surface area (Å²) in [6, 6.07) is 66.9. The maximum absolute atomic E-state index is 6.52. The van der Waals surface area contributed by atoms with Crippen molar-refractivity contribution in [2.45, 2.75) is 0 Å². The molecule has 0 fully saturated rings. The van der Waals surface area contributed by atoms with Gasteiger partial charge >= 0.3 is 0 Å². The molecule has 0 unspecified atom stereocenters. The van der Waals surface area contributed by atoms with Crippen LogP contribution in [0, 0.1) is 0 Å². The van der Waals surface area contributed by atoms with Crippen molar-refractivity contribution in [3.63, 3.8) is 0 Å². The van der Waals surface area contributed by atoms with Gasteiger partial charge in [-0.1, -0.05) is 165 Å². The predicted molar refractivity (Wildman–Crippen MR) is 240 cm³/mol. The van der Waals surface area contributed by atoms with Crippen molar-refractivity contribution in [2.24, 2.45) is 0 Å². The summed E-state index contributed by atoms with van der Waals surface area (Å²) in [4.78, 5) is 2.40. The number of allylic oxidation sites excluding steroid dienone is 4. The Balaban J connectivity index is 1.15. The third-order valence-electron chi connectivity index (χ3n) is 11.0. The molecule has 0 spiro atoms. The highest BCUT2D eigenvalue weighted by atomic mass is 16.3. The van der Waals surface area contributed by atoms with Crippen LogP contribution in [0.4, 0.5) is 17.1 Å². The van der Waals surface area contributed by atoms with Gasteiger partial charge in [-0.25, -0.2) is 0 Å². The second kappa shape index (κ2) is 13.8. The van der Waals surface area contributed by atoms with Crippen molar-refractivity contribution >= 4 is 82.5 Å². The number of hydrogen-bond donors (Lipinski definition) is 0. The molecule has 1 heterocycles. The average molecular weight is 716 g/mol. The molecule has 0 N–H and O–H groups in total. The molecular weight excluding hydrogens is 679 g/mol. The van der Waals surface area contributed by atoms with Gasteiger partial charge in [0, 0.05) is 32.8 Å². The first-order valence-corrected chi connectivity index (χ1v) is 19.0. The highest BCUT2D eigenvalue weighted by Gasteiger charge is 2.21. The molecule has 264 valence electrons. The predicted octanol–water partition coefficient (Wildman–Crippen LogP) is 15.5. The van der Waals surface area contributed by atoms with E-state index in [0.29, 0.717) is 0 Å². The van der Waals surface area contributed by atoms with Crippen molar-refractivity contribution < 1.29 is 4.42 Å². The van der Waals surface area contributed by atoms with E-state index in [4.69, 9.17) is 4.42 Å². The van der Waals surface area contributed by atoms with E-state index in [0.717, 1.165) is 77.8 Å². The van der Waals surface area contributed by atoms with Gasteiger partial charge < -0.3 is 9.32 Å². The molecule has 0 atom stereocenters. The van der Waals surface area contributed by atoms with Gasteiger partial charge in [-0.2, -0.15) is 0 Å². The van der Waals surface area contributed by atoms with Gasteiger partial charge in [0.2, 0.25) is 0 Å². The van der Waals surface area contributed by atoms with E-state index in [2.05, 4.69) is 194 Å². The topological polar surface area (TPSA) is 16.4 Å². The van der Waals surface area contributed by atoms with Crippen LogP contribution in [0.2, 0.25) is 0 Å². The van der Waals surface area contributed by atoms with Gasteiger partial charge in [0.25, 0.3) is 0 Å². The SMILES string of the molecule is C=C/C(=C\C(=C)c1ccccc1)c1ccc(N(c2ccccc2-c2ccc3oc4c5ccccc5ccc4c3c2)c2cccc3c2ccc2ccccc23)cc1. The van der Waals surface area contributed by atoms with E-state index in [9.17, 15) is 0 Å². The molecule has 1 aromatic heterocycles. The Morgan fingerprint density at radius 2 is 1.14 bits per heavy atom. The average Bonchev–Trinajstić information content (AvgIpc) is 3.65. The zero-order valence-electron chi connectivity index (χ0n) is 30.8. The van der Waals surface area contributed by atoms with Crippen molar-refractivity contribution in [1.82, 2.24) is 0 Å². The van der Waals surface area contributed by atoms with Gasteiger partial charge in [-0.3, -0.25) is 0 Å². The second-order valence-corrected chi connectivity index (χ2v) is 14.2. The molecule has 0 aliphatic heterocycles. The Kier molecular flexibility index (Phi) is 8.16. The summed E-state index contributed by atoms with van der Waals surface area (Å²) in [6.45, 7) is 8.53. The molecule has 10 rings (SSSR count). The summed E-state index contributed by atoms with van der Waals surface area (Å²) in [5, 5.41) is 9.38. The van der Waals surface area contributed by atoms with Gasteiger partial charge in [0.15, 0.2) is 0 Å². The Morgan fingerprint density at radius 1 is 0.482 bits per heavy atom. The number of para-hydroxylation sites is 1. The van der Waals surface area contributed by atoms with E-state index >= 15 is 0 Å². The minimum Gasteiger partial charge on any atom is -0.455 e. The first kappa shape index (κ1) is 33.2. The van der Waals surface area contributed by atoms with Crippen LogP contribution < -0.4 is 4.90 Å². The van der Waals surface area contributed by atoms with Gasteiger partial charge in [-0.05, 0) is 97.9 Å². The fourth-order valence-corrected chi connectivity index (χ4v) is 8.20. The number of nitrogens with zero attached hydrogens (tertiary/aromatic N) is 1. The molecular formula is C54H37NO. The quantitative estimate of drug-likeness (QED) is 0.115. The van der Waals surface area contributed by atoms with Crippen LogP contribution in [-0.2, 0) is 0 Å². The Bertz CT molecular complexity index is 3160. The summed E-state index contributed by atoms with van der Waals surface area (Å²) in [6.07, 6.45) is 4.02. The van der Waals surface area contributed by atoms with Gasteiger partial charge in [0.1, 0.15) is 11.2 Å². The number of anilines is 3. The molecule has 0 radical (unpaired) electrons. The Labute approximate surface area is 326 Å². The molecule has 0 aliphatic rings. The van der Waals surface area contributed by atoms with Gasteiger partial charge in [0.05, 0.1) is 11.4 Å². The Morgan fingerprint density at radius 3 is 1.95 bits per heavy atom. The van der Waals surface area contributed by atoms with Crippen molar-refractivity contribution in [3.8, 4) is 11.1 Å². The summed E-state index contributed by atoms with van der Waals surface area (Å²) in [5.41, 5.74) is 11.4. The smallest absolute Gasteiger partial charge is 0.143 e. The molecule has 0 saturated heterocycles. The van der Waals surface area contributed by atoms with Crippen LogP contribution in [0.5, 0.6) is 0 Å². The lowest BCUT2D eigenvalue weighted by Gasteiger charge is -2.29. The molecule has 0 amide bonds. The van der Waals surface area contributed by atoms with E-state index in [1.165, 1.54) is 26.9 Å². The maximum atomic E-state index is 6.52. The van der Waals surface area contributed by atoms with Crippen molar-refractivity contribution in [2.75, 3.05) is 4.90 Å². The number of furan rings is 1. The molecule has 2 heteroatoms. The molecule has 0 aliphatic carbocycles. The van der Waals surface area contributed by atoms with Crippen LogP contribution >= 0.6 is 0 Å². The molecule has 56 heavy (non-hydrogen) atoms. The van der Waals surface area contributed by atoms with Crippen LogP contribution in [0.1, 0.15) is 11.1 Å². The lowest BCUT2D eigenvalue weighted by molar-refractivity contribution is 0.672. The fourth-order valence-electron chi connectivity index (χ4n) is 8.20. The van der Waals surface area contributed by atoms with Crippen molar-refractivity contribution in [1.29, 1.82) is 0 Å². The third kappa shape index (κ3) is 5.68. The lowest BCUT2D eigenvalue weighted by Crippen LogP contribution is -2.12. The standard InChI is InChI=1S/C54H37NO/c1-3-37(34-36(2)38-14-5-4-6-15-38)39-24-29-43(30-25-39)55(52-23-13-21-47-44-18-9-7-16-40(44)26-31-48(47)52)51-22-12-11-19-45(51)42-28-33-53-50(35-42)49-32-27-41-17-8-10-20-46(41)54(49)56-53/h3-35H,1-2H2/b37-34+. The molecule has 10 aromatic rings. The number of rotatable bonds is 8. The zero-order chi connectivity index (χ0) is 37.6. The third-order valence-corrected chi connectivity index (χ3v) is 11.0. The highest BCUT2D eigenvalue weighted by molar-refractivity contribution is 6.16. The van der Waals surface area contributed by atoms with E-state index in [1.54, 1.807) is 0 Å². The van der Waals surface area contributed by atoms with Crippen LogP contribution in [0.25, 0.3) is 76.5 Å². The molecule has 2 nitrogen and oxygen atoms in total. The summed E-state index contributed by atoms with van der Waals surface area (Å²) < 4.78 is 6.52. The summed E-state index contributed by atoms with van der Waals surface area (Å²) in [7, 11) is 0. The van der Waals surface area contributed by atoms with Gasteiger partial charge in [-0.15, -0.1) is 0 Å².